The van der Waals surface area contributed by atoms with E-state index in [0.717, 1.165) is 37.3 Å². The smallest absolute Gasteiger partial charge is 0.119 e. The average molecular weight is 483 g/mol. The maximum absolute atomic E-state index is 10.3. The normalized spacial score (nSPS) is 17.2. The van der Waals surface area contributed by atoms with Crippen molar-refractivity contribution in [1.29, 1.82) is 0 Å². The van der Waals surface area contributed by atoms with Gasteiger partial charge in [-0.2, -0.15) is 0 Å². The lowest BCUT2D eigenvalue weighted by Gasteiger charge is -2.36. The van der Waals surface area contributed by atoms with Crippen LogP contribution in [0.2, 0.25) is 10.0 Å². The van der Waals surface area contributed by atoms with Gasteiger partial charge in [0.1, 0.15) is 36.9 Å². The zero-order valence-electron chi connectivity index (χ0n) is 18.6. The van der Waals surface area contributed by atoms with Crippen molar-refractivity contribution in [3.05, 3.63) is 57.6 Å². The fourth-order valence-corrected chi connectivity index (χ4v) is 3.89. The van der Waals surface area contributed by atoms with Gasteiger partial charge >= 0.3 is 0 Å². The van der Waals surface area contributed by atoms with Gasteiger partial charge in [-0.3, -0.25) is 9.80 Å². The van der Waals surface area contributed by atoms with Gasteiger partial charge in [0.05, 0.1) is 0 Å². The number of aryl methyl sites for hydroxylation is 2. The number of hydrogen-bond donors (Lipinski definition) is 2. The van der Waals surface area contributed by atoms with Crippen LogP contribution in [0.1, 0.15) is 11.1 Å². The number of rotatable bonds is 10. The summed E-state index contributed by atoms with van der Waals surface area (Å²) >= 11 is 12.1. The van der Waals surface area contributed by atoms with E-state index in [1.165, 1.54) is 0 Å². The Morgan fingerprint density at radius 2 is 1.12 bits per heavy atom. The molecule has 1 fully saturated rings. The fraction of sp³-hybridized carbons (Fsp3) is 0.500. The van der Waals surface area contributed by atoms with Crippen LogP contribution in [0.3, 0.4) is 0 Å². The number of β-amino-alcohol motifs (C(OH)–C–C–N with tert-alkyl or cyclic N) is 2. The summed E-state index contributed by atoms with van der Waals surface area (Å²) in [7, 11) is 0. The highest BCUT2D eigenvalue weighted by molar-refractivity contribution is 6.31. The molecule has 32 heavy (non-hydrogen) atoms. The van der Waals surface area contributed by atoms with Crippen LogP contribution in [0.15, 0.2) is 36.4 Å². The van der Waals surface area contributed by atoms with E-state index in [9.17, 15) is 10.2 Å². The van der Waals surface area contributed by atoms with Crippen molar-refractivity contribution >= 4 is 23.2 Å². The van der Waals surface area contributed by atoms with Crippen molar-refractivity contribution < 1.29 is 19.7 Å². The quantitative estimate of drug-likeness (QED) is 0.540. The van der Waals surface area contributed by atoms with Crippen LogP contribution in [-0.4, -0.2) is 84.7 Å². The van der Waals surface area contributed by atoms with Crippen LogP contribution in [-0.2, 0) is 0 Å². The van der Waals surface area contributed by atoms with Crippen molar-refractivity contribution in [1.82, 2.24) is 9.80 Å². The third-order valence-corrected chi connectivity index (χ3v) is 6.39. The van der Waals surface area contributed by atoms with Gasteiger partial charge in [-0.1, -0.05) is 23.2 Å². The summed E-state index contributed by atoms with van der Waals surface area (Å²) in [5.41, 5.74) is 1.90. The molecular formula is C24H32Cl2N2O4. The lowest BCUT2D eigenvalue weighted by Crippen LogP contribution is -2.51. The minimum Gasteiger partial charge on any atom is -0.491 e. The van der Waals surface area contributed by atoms with Crippen LogP contribution < -0.4 is 9.47 Å². The van der Waals surface area contributed by atoms with E-state index < -0.39 is 12.2 Å². The maximum Gasteiger partial charge on any atom is 0.119 e. The minimum absolute atomic E-state index is 0.238. The molecule has 2 N–H and O–H groups in total. The first-order valence-corrected chi connectivity index (χ1v) is 11.6. The number of halogens is 2. The van der Waals surface area contributed by atoms with Gasteiger partial charge in [0.25, 0.3) is 0 Å². The van der Waals surface area contributed by atoms with Gasteiger partial charge < -0.3 is 19.7 Å². The molecule has 0 aromatic heterocycles. The fourth-order valence-electron chi connectivity index (χ4n) is 3.65. The van der Waals surface area contributed by atoms with Crippen molar-refractivity contribution in [2.75, 3.05) is 52.5 Å². The number of hydrogen-bond acceptors (Lipinski definition) is 6. The van der Waals surface area contributed by atoms with E-state index >= 15 is 0 Å². The van der Waals surface area contributed by atoms with Gasteiger partial charge in [-0.15, -0.1) is 0 Å². The number of nitrogens with zero attached hydrogens (tertiary/aromatic N) is 2. The van der Waals surface area contributed by atoms with E-state index in [4.69, 9.17) is 32.7 Å². The van der Waals surface area contributed by atoms with E-state index in [2.05, 4.69) is 9.80 Å². The summed E-state index contributed by atoms with van der Waals surface area (Å²) in [5.74, 6) is 1.42. The van der Waals surface area contributed by atoms with Gasteiger partial charge in [0.15, 0.2) is 0 Å². The van der Waals surface area contributed by atoms with E-state index in [1.807, 2.05) is 38.1 Å². The number of benzene rings is 2. The first-order chi connectivity index (χ1) is 15.3. The Bertz CT molecular complexity index is 804. The largest absolute Gasteiger partial charge is 0.491 e. The highest BCUT2D eigenvalue weighted by Crippen LogP contribution is 2.22. The zero-order valence-corrected chi connectivity index (χ0v) is 20.1. The Balaban J connectivity index is 1.32. The molecule has 2 atom stereocenters. The topological polar surface area (TPSA) is 65.4 Å². The van der Waals surface area contributed by atoms with Crippen LogP contribution in [0, 0.1) is 13.8 Å². The van der Waals surface area contributed by atoms with E-state index in [1.54, 1.807) is 12.1 Å². The molecule has 0 spiro atoms. The number of piperazine rings is 1. The van der Waals surface area contributed by atoms with Crippen molar-refractivity contribution in [3.8, 4) is 11.5 Å². The lowest BCUT2D eigenvalue weighted by atomic mass is 10.2. The highest BCUT2D eigenvalue weighted by Gasteiger charge is 2.21. The standard InChI is InChI=1S/C24H32Cl2N2O4/c1-17-11-21(3-5-23(17)25)31-15-19(29)13-27-7-9-28(10-8-27)14-20(30)16-32-22-4-6-24(26)18(2)12-22/h3-6,11-12,19-20,29-30H,7-10,13-16H2,1-2H3/t19-,20-/m1/s1. The second-order valence-corrected chi connectivity index (χ2v) is 9.17. The molecule has 1 aliphatic rings. The highest BCUT2D eigenvalue weighted by atomic mass is 35.5. The van der Waals surface area contributed by atoms with Gasteiger partial charge in [0, 0.05) is 49.3 Å². The molecule has 1 aliphatic heterocycles. The molecule has 0 saturated carbocycles. The Morgan fingerprint density at radius 1 is 0.750 bits per heavy atom. The van der Waals surface area contributed by atoms with Crippen LogP contribution in [0.25, 0.3) is 0 Å². The molecule has 1 heterocycles. The summed E-state index contributed by atoms with van der Waals surface area (Å²) in [6, 6.07) is 11.0. The first-order valence-electron chi connectivity index (χ1n) is 10.9. The lowest BCUT2D eigenvalue weighted by molar-refractivity contribution is 0.0240. The Labute approximate surface area is 200 Å². The molecule has 8 heteroatoms. The van der Waals surface area contributed by atoms with Crippen molar-refractivity contribution in [3.63, 3.8) is 0 Å². The first kappa shape index (κ1) is 25.1. The SMILES string of the molecule is Cc1cc(OC[C@H](O)CN2CCN(C[C@@H](O)COc3ccc(Cl)c(C)c3)CC2)ccc1Cl. The second kappa shape index (κ2) is 12.1. The molecule has 0 amide bonds. The van der Waals surface area contributed by atoms with Gasteiger partial charge in [-0.05, 0) is 61.4 Å². The summed E-state index contributed by atoms with van der Waals surface area (Å²) in [5, 5.41) is 22.1. The third kappa shape index (κ3) is 7.80. The molecule has 6 nitrogen and oxygen atoms in total. The van der Waals surface area contributed by atoms with Crippen LogP contribution in [0.4, 0.5) is 0 Å². The monoisotopic (exact) mass is 482 g/mol. The molecule has 0 unspecified atom stereocenters. The molecular weight excluding hydrogens is 451 g/mol. The molecule has 0 radical (unpaired) electrons. The number of aliphatic hydroxyl groups is 2. The molecule has 176 valence electrons. The van der Waals surface area contributed by atoms with Crippen molar-refractivity contribution in [2.24, 2.45) is 0 Å². The summed E-state index contributed by atoms with van der Waals surface area (Å²) in [4.78, 5) is 4.44. The third-order valence-electron chi connectivity index (χ3n) is 5.55. The summed E-state index contributed by atoms with van der Waals surface area (Å²) < 4.78 is 11.4. The predicted molar refractivity (Wildman–Crippen MR) is 128 cm³/mol. The Kier molecular flexibility index (Phi) is 9.46. The van der Waals surface area contributed by atoms with Crippen molar-refractivity contribution in [2.45, 2.75) is 26.1 Å². The summed E-state index contributed by atoms with van der Waals surface area (Å²) in [6.07, 6.45) is -1.14. The Morgan fingerprint density at radius 3 is 1.47 bits per heavy atom. The molecule has 0 aliphatic carbocycles. The number of aliphatic hydroxyl groups excluding tert-OH is 2. The molecule has 2 aromatic carbocycles. The zero-order chi connectivity index (χ0) is 23.1. The molecule has 1 saturated heterocycles. The van der Waals surface area contributed by atoms with Crippen LogP contribution in [0.5, 0.6) is 11.5 Å². The summed E-state index contributed by atoms with van der Waals surface area (Å²) in [6.45, 7) is 8.77. The Hall–Kier alpha value is -1.54. The minimum atomic E-state index is -0.570. The molecule has 0 bridgehead atoms. The maximum atomic E-state index is 10.3. The molecule has 3 rings (SSSR count). The van der Waals surface area contributed by atoms with E-state index in [-0.39, 0.29) is 13.2 Å². The second-order valence-electron chi connectivity index (χ2n) is 8.35. The average Bonchev–Trinajstić information content (AvgIpc) is 2.77. The predicted octanol–water partition coefficient (Wildman–Crippen LogP) is 3.41. The van der Waals surface area contributed by atoms with Gasteiger partial charge in [-0.25, -0.2) is 0 Å². The van der Waals surface area contributed by atoms with Gasteiger partial charge in [0.2, 0.25) is 0 Å². The van der Waals surface area contributed by atoms with Crippen LogP contribution >= 0.6 is 23.2 Å². The number of ether oxygens (including phenoxy) is 2. The van der Waals surface area contributed by atoms with E-state index in [0.29, 0.717) is 34.6 Å². The molecule has 2 aromatic rings.